The Labute approximate surface area is 81.7 Å². The molecule has 0 fully saturated rings. The second-order valence-corrected chi connectivity index (χ2v) is 2.52. The molecule has 0 N–H and O–H groups in total. The maximum atomic E-state index is 11.1. The van der Waals surface area contributed by atoms with E-state index in [2.05, 4.69) is 4.74 Å². The Kier molecular flexibility index (Phi) is 3.08. The third kappa shape index (κ3) is 1.83. The quantitative estimate of drug-likeness (QED) is 0.662. The highest BCUT2D eigenvalue weighted by Crippen LogP contribution is 2.19. The van der Waals surface area contributed by atoms with Crippen LogP contribution in [0.2, 0.25) is 0 Å². The summed E-state index contributed by atoms with van der Waals surface area (Å²) in [6.45, 7) is 0. The van der Waals surface area contributed by atoms with E-state index in [4.69, 9.17) is 10.00 Å². The number of benzene rings is 1. The van der Waals surface area contributed by atoms with E-state index >= 15 is 0 Å². The zero-order valence-corrected chi connectivity index (χ0v) is 7.90. The Morgan fingerprint density at radius 1 is 1.43 bits per heavy atom. The SMILES string of the molecule is COC(=O)c1ccc(C#N)c(OC)c1. The first-order valence-corrected chi connectivity index (χ1v) is 3.89. The molecule has 0 unspecified atom stereocenters. The van der Waals surface area contributed by atoms with Crippen molar-refractivity contribution in [3.8, 4) is 11.8 Å². The van der Waals surface area contributed by atoms with E-state index in [0.29, 0.717) is 16.9 Å². The van der Waals surface area contributed by atoms with Crippen LogP contribution in [0, 0.1) is 11.3 Å². The summed E-state index contributed by atoms with van der Waals surface area (Å²) in [6.07, 6.45) is 0. The molecule has 1 aromatic carbocycles. The van der Waals surface area contributed by atoms with Gasteiger partial charge in [0.1, 0.15) is 11.8 Å². The topological polar surface area (TPSA) is 59.3 Å². The lowest BCUT2D eigenvalue weighted by molar-refractivity contribution is 0.0600. The van der Waals surface area contributed by atoms with Crippen LogP contribution in [0.25, 0.3) is 0 Å². The summed E-state index contributed by atoms with van der Waals surface area (Å²) in [4.78, 5) is 11.1. The van der Waals surface area contributed by atoms with Crippen LogP contribution < -0.4 is 4.74 Å². The van der Waals surface area contributed by atoms with E-state index in [9.17, 15) is 4.79 Å². The highest BCUT2D eigenvalue weighted by molar-refractivity contribution is 5.90. The van der Waals surface area contributed by atoms with Gasteiger partial charge in [0, 0.05) is 0 Å². The summed E-state index contributed by atoms with van der Waals surface area (Å²) in [5.74, 6) is -0.0804. The fourth-order valence-electron chi connectivity index (χ4n) is 1.03. The number of esters is 1. The summed E-state index contributed by atoms with van der Waals surface area (Å²) in [7, 11) is 2.74. The predicted octanol–water partition coefficient (Wildman–Crippen LogP) is 1.35. The maximum Gasteiger partial charge on any atom is 0.337 e. The molecule has 0 atom stereocenters. The van der Waals surface area contributed by atoms with E-state index in [1.165, 1.54) is 32.4 Å². The molecule has 0 radical (unpaired) electrons. The number of nitrogens with zero attached hydrogens (tertiary/aromatic N) is 1. The molecular formula is C10H9NO3. The molecule has 0 aliphatic rings. The number of carbonyl (C=O) groups excluding carboxylic acids is 1. The van der Waals surface area contributed by atoms with Gasteiger partial charge in [0.25, 0.3) is 0 Å². The van der Waals surface area contributed by atoms with Gasteiger partial charge < -0.3 is 9.47 Å². The second kappa shape index (κ2) is 4.28. The molecule has 1 aromatic rings. The number of nitriles is 1. The first kappa shape index (κ1) is 10.1. The van der Waals surface area contributed by atoms with Crippen LogP contribution in [0.15, 0.2) is 18.2 Å². The monoisotopic (exact) mass is 191 g/mol. The van der Waals surface area contributed by atoms with E-state index in [-0.39, 0.29) is 0 Å². The highest BCUT2D eigenvalue weighted by Gasteiger charge is 2.09. The van der Waals surface area contributed by atoms with E-state index in [0.717, 1.165) is 0 Å². The summed E-state index contributed by atoms with van der Waals surface area (Å²) < 4.78 is 9.47. The molecule has 4 heteroatoms. The molecule has 0 aromatic heterocycles. The molecule has 0 aliphatic carbocycles. The van der Waals surface area contributed by atoms with Gasteiger partial charge in [-0.05, 0) is 18.2 Å². The van der Waals surface area contributed by atoms with Crippen molar-refractivity contribution in [3.63, 3.8) is 0 Å². The highest BCUT2D eigenvalue weighted by atomic mass is 16.5. The molecule has 0 saturated carbocycles. The van der Waals surface area contributed by atoms with Gasteiger partial charge in [-0.2, -0.15) is 5.26 Å². The Balaban J connectivity index is 3.15. The van der Waals surface area contributed by atoms with E-state index < -0.39 is 5.97 Å². The van der Waals surface area contributed by atoms with Gasteiger partial charge in [0.15, 0.2) is 0 Å². The minimum Gasteiger partial charge on any atom is -0.495 e. The largest absolute Gasteiger partial charge is 0.495 e. The summed E-state index contributed by atoms with van der Waals surface area (Å²) >= 11 is 0. The smallest absolute Gasteiger partial charge is 0.337 e. The molecule has 1 rings (SSSR count). The number of methoxy groups -OCH3 is 2. The Morgan fingerprint density at radius 2 is 2.14 bits per heavy atom. The van der Waals surface area contributed by atoms with Crippen molar-refractivity contribution in [3.05, 3.63) is 29.3 Å². The van der Waals surface area contributed by atoms with Crippen LogP contribution in [0.3, 0.4) is 0 Å². The van der Waals surface area contributed by atoms with Crippen molar-refractivity contribution in [1.82, 2.24) is 0 Å². The van der Waals surface area contributed by atoms with Gasteiger partial charge >= 0.3 is 5.97 Å². The van der Waals surface area contributed by atoms with Crippen LogP contribution >= 0.6 is 0 Å². The molecule has 4 nitrogen and oxygen atoms in total. The molecule has 0 aliphatic heterocycles. The third-order valence-electron chi connectivity index (χ3n) is 1.74. The average molecular weight is 191 g/mol. The van der Waals surface area contributed by atoms with Crippen LogP contribution in [0.1, 0.15) is 15.9 Å². The van der Waals surface area contributed by atoms with Crippen molar-refractivity contribution in [1.29, 1.82) is 5.26 Å². The van der Waals surface area contributed by atoms with Crippen LogP contribution in [0.5, 0.6) is 5.75 Å². The molecule has 14 heavy (non-hydrogen) atoms. The van der Waals surface area contributed by atoms with E-state index in [1.807, 2.05) is 6.07 Å². The van der Waals surface area contributed by atoms with Crippen molar-refractivity contribution < 1.29 is 14.3 Å². The minimum atomic E-state index is -0.451. The van der Waals surface area contributed by atoms with Gasteiger partial charge in [0.05, 0.1) is 25.3 Å². The summed E-state index contributed by atoms with van der Waals surface area (Å²) in [5, 5.41) is 8.69. The van der Waals surface area contributed by atoms with Gasteiger partial charge in [0.2, 0.25) is 0 Å². The Hall–Kier alpha value is -2.02. The van der Waals surface area contributed by atoms with Crippen LogP contribution in [-0.2, 0) is 4.74 Å². The molecule has 0 bridgehead atoms. The normalized spacial score (nSPS) is 8.93. The number of ether oxygens (including phenoxy) is 2. The van der Waals surface area contributed by atoms with Crippen molar-refractivity contribution in [2.75, 3.05) is 14.2 Å². The first-order chi connectivity index (χ1) is 6.72. The lowest BCUT2D eigenvalue weighted by Crippen LogP contribution is -2.01. The molecule has 0 saturated heterocycles. The standard InChI is InChI=1S/C10H9NO3/c1-13-9-5-7(10(12)14-2)3-4-8(9)6-11/h3-5H,1-2H3. The summed E-state index contributed by atoms with van der Waals surface area (Å²) in [6, 6.07) is 6.47. The van der Waals surface area contributed by atoms with Crippen LogP contribution in [-0.4, -0.2) is 20.2 Å². The van der Waals surface area contributed by atoms with Gasteiger partial charge in [-0.25, -0.2) is 4.79 Å². The van der Waals surface area contributed by atoms with E-state index in [1.54, 1.807) is 0 Å². The molecular weight excluding hydrogens is 182 g/mol. The Bertz CT molecular complexity index is 393. The average Bonchev–Trinajstić information content (AvgIpc) is 2.26. The molecule has 0 spiro atoms. The first-order valence-electron chi connectivity index (χ1n) is 3.89. The van der Waals surface area contributed by atoms with Crippen molar-refractivity contribution >= 4 is 5.97 Å². The maximum absolute atomic E-state index is 11.1. The summed E-state index contributed by atoms with van der Waals surface area (Å²) in [5.41, 5.74) is 0.753. The minimum absolute atomic E-state index is 0.364. The molecule has 0 heterocycles. The number of rotatable bonds is 2. The number of hydrogen-bond donors (Lipinski definition) is 0. The zero-order chi connectivity index (χ0) is 10.6. The lowest BCUT2D eigenvalue weighted by Gasteiger charge is -2.04. The van der Waals surface area contributed by atoms with Crippen LogP contribution in [0.4, 0.5) is 0 Å². The number of carbonyl (C=O) groups is 1. The van der Waals surface area contributed by atoms with Crippen molar-refractivity contribution in [2.45, 2.75) is 0 Å². The molecule has 0 amide bonds. The van der Waals surface area contributed by atoms with Gasteiger partial charge in [-0.3, -0.25) is 0 Å². The predicted molar refractivity (Wildman–Crippen MR) is 49.0 cm³/mol. The molecule has 72 valence electrons. The second-order valence-electron chi connectivity index (χ2n) is 2.52. The third-order valence-corrected chi connectivity index (χ3v) is 1.74. The van der Waals surface area contributed by atoms with Crippen molar-refractivity contribution in [2.24, 2.45) is 0 Å². The Morgan fingerprint density at radius 3 is 2.64 bits per heavy atom. The fourth-order valence-corrected chi connectivity index (χ4v) is 1.03. The van der Waals surface area contributed by atoms with Gasteiger partial charge in [-0.1, -0.05) is 0 Å². The zero-order valence-electron chi connectivity index (χ0n) is 7.90. The van der Waals surface area contributed by atoms with Gasteiger partial charge in [-0.15, -0.1) is 0 Å². The lowest BCUT2D eigenvalue weighted by atomic mass is 10.1. The fraction of sp³-hybridized carbons (Fsp3) is 0.200. The number of hydrogen-bond acceptors (Lipinski definition) is 4.